The highest BCUT2D eigenvalue weighted by Crippen LogP contribution is 2.28. The van der Waals surface area contributed by atoms with Gasteiger partial charge in [-0.2, -0.15) is 4.98 Å². The molecule has 1 aromatic heterocycles. The van der Waals surface area contributed by atoms with E-state index in [1.54, 1.807) is 0 Å². The van der Waals surface area contributed by atoms with E-state index < -0.39 is 28.9 Å². The standard InChI is InChI=1S/C24H26F3N5O/c1-32(2)22-16-5-3-4-6-19(16)30-24(31-22)29-15-9-7-14(8-10-15)13-28-23(33)17-11-12-18(25)21(27)20(17)26/h3-6,11-12,14-15H,7-10,13H2,1-2H3,(H,28,33)(H,29,30,31). The number of rotatable bonds is 6. The van der Waals surface area contributed by atoms with Crippen LogP contribution in [-0.4, -0.2) is 42.6 Å². The Balaban J connectivity index is 1.32. The van der Waals surface area contributed by atoms with Crippen molar-refractivity contribution in [3.05, 3.63) is 59.4 Å². The molecule has 1 amide bonds. The zero-order valence-corrected chi connectivity index (χ0v) is 18.5. The number of benzene rings is 2. The molecule has 0 saturated heterocycles. The second-order valence-electron chi connectivity index (χ2n) is 8.58. The minimum atomic E-state index is -1.64. The van der Waals surface area contributed by atoms with Gasteiger partial charge in [-0.15, -0.1) is 0 Å². The summed E-state index contributed by atoms with van der Waals surface area (Å²) in [5.74, 6) is -3.51. The van der Waals surface area contributed by atoms with Gasteiger partial charge in [-0.25, -0.2) is 18.2 Å². The van der Waals surface area contributed by atoms with E-state index in [0.717, 1.165) is 54.5 Å². The molecule has 0 unspecified atom stereocenters. The third kappa shape index (κ3) is 5.02. The number of para-hydroxylation sites is 1. The van der Waals surface area contributed by atoms with Crippen LogP contribution >= 0.6 is 0 Å². The molecule has 0 radical (unpaired) electrons. The Morgan fingerprint density at radius 3 is 2.45 bits per heavy atom. The average Bonchev–Trinajstić information content (AvgIpc) is 2.81. The molecule has 0 atom stereocenters. The molecule has 1 aliphatic rings. The lowest BCUT2D eigenvalue weighted by atomic mass is 9.86. The van der Waals surface area contributed by atoms with Crippen molar-refractivity contribution in [2.75, 3.05) is 30.9 Å². The lowest BCUT2D eigenvalue weighted by Gasteiger charge is -2.29. The molecule has 3 aromatic rings. The molecule has 0 aliphatic heterocycles. The third-order valence-corrected chi connectivity index (χ3v) is 6.02. The van der Waals surface area contributed by atoms with Crippen LogP contribution in [0.15, 0.2) is 36.4 Å². The van der Waals surface area contributed by atoms with E-state index in [1.807, 2.05) is 43.3 Å². The second kappa shape index (κ2) is 9.64. The van der Waals surface area contributed by atoms with E-state index in [-0.39, 0.29) is 12.0 Å². The number of nitrogens with one attached hydrogen (secondary N) is 2. The van der Waals surface area contributed by atoms with Gasteiger partial charge < -0.3 is 15.5 Å². The molecular formula is C24H26F3N5O. The highest BCUT2D eigenvalue weighted by Gasteiger charge is 2.24. The van der Waals surface area contributed by atoms with E-state index >= 15 is 0 Å². The maximum Gasteiger partial charge on any atom is 0.254 e. The number of amides is 1. The van der Waals surface area contributed by atoms with Gasteiger partial charge in [-0.1, -0.05) is 12.1 Å². The molecule has 4 rings (SSSR count). The number of hydrogen-bond donors (Lipinski definition) is 2. The highest BCUT2D eigenvalue weighted by atomic mass is 19.2. The summed E-state index contributed by atoms with van der Waals surface area (Å²) in [4.78, 5) is 23.5. The smallest absolute Gasteiger partial charge is 0.254 e. The van der Waals surface area contributed by atoms with Gasteiger partial charge in [0.1, 0.15) is 5.82 Å². The largest absolute Gasteiger partial charge is 0.362 e. The molecule has 0 spiro atoms. The molecule has 1 aliphatic carbocycles. The lowest BCUT2D eigenvalue weighted by Crippen LogP contribution is -2.34. The molecule has 33 heavy (non-hydrogen) atoms. The van der Waals surface area contributed by atoms with Gasteiger partial charge in [0.25, 0.3) is 5.91 Å². The van der Waals surface area contributed by atoms with Crippen LogP contribution in [-0.2, 0) is 0 Å². The SMILES string of the molecule is CN(C)c1nc(NC2CCC(CNC(=O)c3ccc(F)c(F)c3F)CC2)nc2ccccc12. The quantitative estimate of drug-likeness (QED) is 0.533. The van der Waals surface area contributed by atoms with Gasteiger partial charge in [0.2, 0.25) is 5.95 Å². The number of hydrogen-bond acceptors (Lipinski definition) is 5. The zero-order chi connectivity index (χ0) is 23.5. The van der Waals surface area contributed by atoms with E-state index in [2.05, 4.69) is 20.6 Å². The Morgan fingerprint density at radius 1 is 1.00 bits per heavy atom. The van der Waals surface area contributed by atoms with Crippen LogP contribution in [0.4, 0.5) is 24.9 Å². The number of aromatic nitrogens is 2. The summed E-state index contributed by atoms with van der Waals surface area (Å²) in [7, 11) is 3.90. The van der Waals surface area contributed by atoms with E-state index in [1.165, 1.54) is 0 Å². The fraction of sp³-hybridized carbons (Fsp3) is 0.375. The Bertz CT molecular complexity index is 1160. The molecule has 2 aromatic carbocycles. The molecule has 1 heterocycles. The van der Waals surface area contributed by atoms with E-state index in [9.17, 15) is 18.0 Å². The van der Waals surface area contributed by atoms with E-state index in [0.29, 0.717) is 12.5 Å². The van der Waals surface area contributed by atoms with Crippen LogP contribution in [0.25, 0.3) is 10.9 Å². The van der Waals surface area contributed by atoms with Crippen LogP contribution in [0.1, 0.15) is 36.0 Å². The Kier molecular flexibility index (Phi) is 6.67. The maximum absolute atomic E-state index is 13.8. The van der Waals surface area contributed by atoms with Crippen LogP contribution in [0.2, 0.25) is 0 Å². The molecule has 1 fully saturated rings. The van der Waals surface area contributed by atoms with Crippen molar-refractivity contribution in [3.63, 3.8) is 0 Å². The molecule has 9 heteroatoms. The minimum absolute atomic E-state index is 0.205. The van der Waals surface area contributed by atoms with Crippen LogP contribution < -0.4 is 15.5 Å². The summed E-state index contributed by atoms with van der Waals surface area (Å²) in [5, 5.41) is 7.07. The van der Waals surface area contributed by atoms with E-state index in [4.69, 9.17) is 0 Å². The predicted molar refractivity (Wildman–Crippen MR) is 122 cm³/mol. The fourth-order valence-corrected chi connectivity index (χ4v) is 4.19. The average molecular weight is 458 g/mol. The van der Waals surface area contributed by atoms with Crippen LogP contribution in [0.3, 0.4) is 0 Å². The van der Waals surface area contributed by atoms with Gasteiger partial charge >= 0.3 is 0 Å². The molecule has 1 saturated carbocycles. The van der Waals surface area contributed by atoms with Crippen molar-refractivity contribution in [1.29, 1.82) is 0 Å². The first-order valence-electron chi connectivity index (χ1n) is 11.0. The molecule has 174 valence electrons. The number of anilines is 2. The van der Waals surface area contributed by atoms with Crippen LogP contribution in [0, 0.1) is 23.4 Å². The van der Waals surface area contributed by atoms with Gasteiger partial charge in [-0.05, 0) is 55.9 Å². The van der Waals surface area contributed by atoms with Crippen molar-refractivity contribution in [2.24, 2.45) is 5.92 Å². The summed E-state index contributed by atoms with van der Waals surface area (Å²) < 4.78 is 40.3. The first kappa shape index (κ1) is 22.8. The molecule has 0 bridgehead atoms. The summed E-state index contributed by atoms with van der Waals surface area (Å²) in [6.07, 6.45) is 3.44. The summed E-state index contributed by atoms with van der Waals surface area (Å²) in [6, 6.07) is 9.79. The first-order valence-corrected chi connectivity index (χ1v) is 11.0. The Morgan fingerprint density at radius 2 is 1.73 bits per heavy atom. The monoisotopic (exact) mass is 457 g/mol. The number of carbonyl (C=O) groups excluding carboxylic acids is 1. The lowest BCUT2D eigenvalue weighted by molar-refractivity contribution is 0.0938. The van der Waals surface area contributed by atoms with Gasteiger partial charge in [0.15, 0.2) is 17.5 Å². The van der Waals surface area contributed by atoms with Crippen LogP contribution in [0.5, 0.6) is 0 Å². The Labute approximate surface area is 190 Å². The molecular weight excluding hydrogens is 431 g/mol. The number of nitrogens with zero attached hydrogens (tertiary/aromatic N) is 3. The van der Waals surface area contributed by atoms with Crippen molar-refractivity contribution in [3.8, 4) is 0 Å². The summed E-state index contributed by atoms with van der Waals surface area (Å²) in [6.45, 7) is 0.348. The molecule has 2 N–H and O–H groups in total. The molecule has 6 nitrogen and oxygen atoms in total. The predicted octanol–water partition coefficient (Wildman–Crippen LogP) is 4.51. The summed E-state index contributed by atoms with van der Waals surface area (Å²) >= 11 is 0. The van der Waals surface area contributed by atoms with Gasteiger partial charge in [-0.3, -0.25) is 4.79 Å². The normalized spacial score (nSPS) is 18.2. The van der Waals surface area contributed by atoms with Crippen molar-refractivity contribution in [1.82, 2.24) is 15.3 Å². The van der Waals surface area contributed by atoms with Crippen molar-refractivity contribution < 1.29 is 18.0 Å². The number of carbonyl (C=O) groups is 1. The fourth-order valence-electron chi connectivity index (χ4n) is 4.19. The first-order chi connectivity index (χ1) is 15.8. The zero-order valence-electron chi connectivity index (χ0n) is 18.5. The van der Waals surface area contributed by atoms with Crippen molar-refractivity contribution in [2.45, 2.75) is 31.7 Å². The van der Waals surface area contributed by atoms with Gasteiger partial charge in [0, 0.05) is 32.1 Å². The second-order valence-corrected chi connectivity index (χ2v) is 8.58. The minimum Gasteiger partial charge on any atom is -0.362 e. The number of halogens is 3. The van der Waals surface area contributed by atoms with Crippen molar-refractivity contribution >= 4 is 28.6 Å². The summed E-state index contributed by atoms with van der Waals surface area (Å²) in [5.41, 5.74) is 0.383. The number of fused-ring (bicyclic) bond motifs is 1. The third-order valence-electron chi connectivity index (χ3n) is 6.02. The van der Waals surface area contributed by atoms with Gasteiger partial charge in [0.05, 0.1) is 11.1 Å². The Hall–Kier alpha value is -3.36. The highest BCUT2D eigenvalue weighted by molar-refractivity contribution is 5.94. The maximum atomic E-state index is 13.8. The topological polar surface area (TPSA) is 70.2 Å².